The predicted octanol–water partition coefficient (Wildman–Crippen LogP) is 9.81. The molecule has 0 fully saturated rings. The highest BCUT2D eigenvalue weighted by atomic mass is 35.5. The first-order valence-electron chi connectivity index (χ1n) is 17.3. The fraction of sp³-hybridized carbons (Fsp3) is 0.395. The summed E-state index contributed by atoms with van der Waals surface area (Å²) in [6.45, 7) is 15.3. The molecule has 0 radical (unpaired) electrons. The summed E-state index contributed by atoms with van der Waals surface area (Å²) in [6.07, 6.45) is 0.878. The van der Waals surface area contributed by atoms with E-state index < -0.39 is 10.9 Å². The fourth-order valence-electron chi connectivity index (χ4n) is 5.00. The summed E-state index contributed by atoms with van der Waals surface area (Å²) in [5.41, 5.74) is 2.52. The van der Waals surface area contributed by atoms with E-state index in [-0.39, 0.29) is 50.7 Å². The van der Waals surface area contributed by atoms with Crippen molar-refractivity contribution in [2.45, 2.75) is 66.5 Å². The Labute approximate surface area is 347 Å². The van der Waals surface area contributed by atoms with Gasteiger partial charge in [0.15, 0.2) is 0 Å². The Bertz CT molecular complexity index is 1950. The molecule has 1 amide bonds. The first-order chi connectivity index (χ1) is 26.4. The Balaban J connectivity index is 0.000000296. The Hall–Kier alpha value is -4.47. The molecule has 0 saturated carbocycles. The number of aromatic nitrogens is 3. The van der Waals surface area contributed by atoms with Gasteiger partial charge < -0.3 is 29.7 Å². The van der Waals surface area contributed by atoms with Gasteiger partial charge in [-0.3, -0.25) is 14.9 Å². The number of alkyl halides is 1. The minimum atomic E-state index is -0.834. The number of amides is 1. The van der Waals surface area contributed by atoms with Gasteiger partial charge in [-0.25, -0.2) is 4.79 Å². The van der Waals surface area contributed by atoms with Crippen LogP contribution in [0.3, 0.4) is 0 Å². The summed E-state index contributed by atoms with van der Waals surface area (Å²) < 4.78 is 15.2. The van der Waals surface area contributed by atoms with E-state index >= 15 is 0 Å². The molecule has 1 aromatic heterocycles. The maximum atomic E-state index is 12.2. The van der Waals surface area contributed by atoms with Crippen molar-refractivity contribution in [1.82, 2.24) is 15.0 Å². The number of benzene rings is 3. The van der Waals surface area contributed by atoms with Crippen molar-refractivity contribution in [3.05, 3.63) is 96.7 Å². The van der Waals surface area contributed by atoms with Gasteiger partial charge >= 0.3 is 5.97 Å². The van der Waals surface area contributed by atoms with Crippen molar-refractivity contribution in [3.63, 3.8) is 0 Å². The SMILES string of the molecule is CCNc1nc(Cl)nc(NC(C)(C)C)n1.CCc1cccc(C)c1N(C(=O)CCl)C(C)COC.COC(=O)c1cc(Oc2ccc(Cl)cc2Cl)ccc1[N+](=O)[O-]. The Morgan fingerprint density at radius 1 is 0.982 bits per heavy atom. The van der Waals surface area contributed by atoms with Gasteiger partial charge in [0, 0.05) is 36.3 Å². The zero-order valence-electron chi connectivity index (χ0n) is 32.7. The van der Waals surface area contributed by atoms with Gasteiger partial charge in [-0.2, -0.15) is 15.0 Å². The van der Waals surface area contributed by atoms with E-state index in [1.165, 1.54) is 18.2 Å². The molecule has 0 aliphatic heterocycles. The summed E-state index contributed by atoms with van der Waals surface area (Å²) in [7, 11) is 2.77. The lowest BCUT2D eigenvalue weighted by atomic mass is 10.0. The van der Waals surface area contributed by atoms with Gasteiger partial charge in [0.1, 0.15) is 22.9 Å². The number of halogens is 4. The summed E-state index contributed by atoms with van der Waals surface area (Å²) in [5, 5.41) is 17.9. The van der Waals surface area contributed by atoms with Crippen molar-refractivity contribution < 1.29 is 28.7 Å². The molecule has 2 N–H and O–H groups in total. The summed E-state index contributed by atoms with van der Waals surface area (Å²) in [6, 6.07) is 14.4. The van der Waals surface area contributed by atoms with Crippen LogP contribution < -0.4 is 20.3 Å². The van der Waals surface area contributed by atoms with Crippen molar-refractivity contribution in [2.24, 2.45) is 0 Å². The highest BCUT2D eigenvalue weighted by Gasteiger charge is 2.25. The van der Waals surface area contributed by atoms with Gasteiger partial charge in [-0.1, -0.05) is 48.3 Å². The van der Waals surface area contributed by atoms with Crippen molar-refractivity contribution >= 4 is 81.6 Å². The smallest absolute Gasteiger partial charge is 0.345 e. The van der Waals surface area contributed by atoms with Gasteiger partial charge in [-0.15, -0.1) is 11.6 Å². The largest absolute Gasteiger partial charge is 0.465 e. The maximum Gasteiger partial charge on any atom is 0.345 e. The number of carbonyl (C=O) groups is 2. The van der Waals surface area contributed by atoms with E-state index in [0.29, 0.717) is 29.3 Å². The average molecular weight is 856 g/mol. The number of hydrogen-bond donors (Lipinski definition) is 2. The molecule has 0 aliphatic rings. The number of anilines is 3. The second-order valence-electron chi connectivity index (χ2n) is 12.9. The van der Waals surface area contributed by atoms with Gasteiger partial charge in [0.25, 0.3) is 5.69 Å². The predicted molar refractivity (Wildman–Crippen MR) is 223 cm³/mol. The summed E-state index contributed by atoms with van der Waals surface area (Å²) in [5.74, 6) is 0.536. The number of nitrogens with zero attached hydrogens (tertiary/aromatic N) is 5. The van der Waals surface area contributed by atoms with Crippen LogP contribution in [-0.4, -0.2) is 76.6 Å². The van der Waals surface area contributed by atoms with Crippen molar-refractivity contribution in [1.29, 1.82) is 0 Å². The molecule has 1 unspecified atom stereocenters. The molecule has 4 aromatic rings. The number of hydrogen-bond acceptors (Lipinski definition) is 12. The third kappa shape index (κ3) is 14.9. The number of para-hydroxylation sites is 1. The Morgan fingerprint density at radius 2 is 1.66 bits per heavy atom. The molecule has 4 rings (SSSR count). The van der Waals surface area contributed by atoms with Crippen LogP contribution in [0, 0.1) is 17.0 Å². The third-order valence-corrected chi connectivity index (χ3v) is 8.22. The molecule has 0 spiro atoms. The molecular weight excluding hydrogens is 808 g/mol. The van der Waals surface area contributed by atoms with Crippen LogP contribution in [0.4, 0.5) is 23.3 Å². The van der Waals surface area contributed by atoms with Crippen LogP contribution in [0.25, 0.3) is 0 Å². The molecule has 1 heterocycles. The lowest BCUT2D eigenvalue weighted by Gasteiger charge is -2.31. The normalized spacial score (nSPS) is 11.2. The first kappa shape index (κ1) is 47.7. The average Bonchev–Trinajstić information content (AvgIpc) is 3.12. The van der Waals surface area contributed by atoms with Crippen LogP contribution in [0.15, 0.2) is 54.6 Å². The second kappa shape index (κ2) is 22.9. The second-order valence-corrected chi connectivity index (χ2v) is 14.3. The Kier molecular flexibility index (Phi) is 19.5. The molecule has 0 aliphatic carbocycles. The number of aryl methyl sites for hydroxylation is 2. The van der Waals surface area contributed by atoms with Crippen molar-refractivity contribution in [2.75, 3.05) is 48.8 Å². The van der Waals surface area contributed by atoms with Gasteiger partial charge in [-0.05, 0) is 95.0 Å². The highest BCUT2D eigenvalue weighted by Crippen LogP contribution is 2.34. The summed E-state index contributed by atoms with van der Waals surface area (Å²) in [4.78, 5) is 48.0. The van der Waals surface area contributed by atoms with Crippen LogP contribution in [0.2, 0.25) is 15.3 Å². The molecule has 3 aromatic carbocycles. The minimum Gasteiger partial charge on any atom is -0.465 e. The van der Waals surface area contributed by atoms with E-state index in [2.05, 4.69) is 43.3 Å². The van der Waals surface area contributed by atoms with Crippen LogP contribution >= 0.6 is 46.4 Å². The lowest BCUT2D eigenvalue weighted by molar-refractivity contribution is -0.385. The van der Waals surface area contributed by atoms with E-state index in [4.69, 9.17) is 55.9 Å². The van der Waals surface area contributed by atoms with Crippen LogP contribution in [-0.2, 0) is 20.7 Å². The number of methoxy groups -OCH3 is 2. The lowest BCUT2D eigenvalue weighted by Crippen LogP contribution is -2.43. The van der Waals surface area contributed by atoms with E-state index in [9.17, 15) is 19.7 Å². The van der Waals surface area contributed by atoms with Crippen LogP contribution in [0.5, 0.6) is 11.5 Å². The number of nitro benzene ring substituents is 1. The monoisotopic (exact) mass is 853 g/mol. The molecule has 0 saturated heterocycles. The van der Waals surface area contributed by atoms with Crippen LogP contribution in [0.1, 0.15) is 63.0 Å². The number of nitrogens with one attached hydrogen (secondary N) is 2. The highest BCUT2D eigenvalue weighted by molar-refractivity contribution is 6.35. The maximum absolute atomic E-state index is 12.2. The molecular formula is C38H47Cl4N7O7. The fourth-order valence-corrected chi connectivity index (χ4v) is 5.73. The zero-order chi connectivity index (χ0) is 42.2. The van der Waals surface area contributed by atoms with E-state index in [1.54, 1.807) is 24.1 Å². The molecule has 0 bridgehead atoms. The molecule has 1 atom stereocenters. The number of carbonyl (C=O) groups excluding carboxylic acids is 2. The summed E-state index contributed by atoms with van der Waals surface area (Å²) >= 11 is 23.3. The molecule has 18 heteroatoms. The third-order valence-electron chi connectivity index (χ3n) is 7.30. The quantitative estimate of drug-likeness (QED) is 0.0566. The standard InChI is InChI=1S/C15H22ClNO2.C14H9Cl2NO5.C9H16ClN5/c1-5-13-8-6-7-11(2)15(13)17(14(18)9-16)12(3)10-19-4;1-21-14(18)10-7-9(3-4-12(10)17(19)20)22-13-5-2-8(15)6-11(13)16;1-5-11-7-12-6(10)13-8(14-7)15-9(2,3)4/h6-8,12H,5,9-10H2,1-4H3;2-7H,1H3;5H2,1-4H3,(H2,11,12,13,14,15). The van der Waals surface area contributed by atoms with E-state index in [1.807, 2.05) is 53.7 Å². The topological polar surface area (TPSA) is 171 Å². The first-order valence-corrected chi connectivity index (χ1v) is 18.9. The number of nitro groups is 1. The number of ether oxygens (including phenoxy) is 3. The zero-order valence-corrected chi connectivity index (χ0v) is 35.7. The van der Waals surface area contributed by atoms with Gasteiger partial charge in [0.05, 0.1) is 35.4 Å². The van der Waals surface area contributed by atoms with Crippen molar-refractivity contribution in [3.8, 4) is 11.5 Å². The Morgan fingerprint density at radius 3 is 2.21 bits per heavy atom. The molecule has 56 heavy (non-hydrogen) atoms. The van der Waals surface area contributed by atoms with E-state index in [0.717, 1.165) is 43.0 Å². The minimum absolute atomic E-state index is 0.0223. The number of rotatable bonds is 13. The molecule has 304 valence electrons. The van der Waals surface area contributed by atoms with Gasteiger partial charge in [0.2, 0.25) is 23.1 Å². The number of esters is 1. The molecule has 14 nitrogen and oxygen atoms in total.